The van der Waals surface area contributed by atoms with Crippen LogP contribution in [-0.2, 0) is 59.6 Å². The zero-order valence-electron chi connectivity index (χ0n) is 39.9. The third-order valence-electron chi connectivity index (χ3n) is 10.2. The van der Waals surface area contributed by atoms with Gasteiger partial charge in [-0.2, -0.15) is 0 Å². The molecule has 4 aromatic carbocycles. The molecule has 0 radical (unpaired) electrons. The lowest BCUT2D eigenvalue weighted by Crippen LogP contribution is -2.62. The first kappa shape index (κ1) is 55.1. The van der Waals surface area contributed by atoms with Crippen molar-refractivity contribution in [2.75, 3.05) is 13.2 Å². The Kier molecular flexibility index (Phi) is 25.4. The zero-order chi connectivity index (χ0) is 51.4. The number of aliphatic hydroxyl groups excluding tert-OH is 2. The van der Waals surface area contributed by atoms with Gasteiger partial charge in [-0.05, 0) is 123 Å². The molecule has 360 valence electrons. The lowest BCUT2D eigenvalue weighted by atomic mass is 9.97. The number of hydrogen-bond donors (Lipinski definition) is 3. The highest BCUT2D eigenvalue weighted by Crippen LogP contribution is 2.32. The molecular weight excluding hydrogens is 915 g/mol. The molecule has 1 saturated heterocycles. The van der Waals surface area contributed by atoms with E-state index in [-0.39, 0.29) is 39.5 Å². The van der Waals surface area contributed by atoms with Crippen LogP contribution < -0.4 is 5.32 Å². The lowest BCUT2D eigenvalue weighted by Gasteiger charge is -2.46. The molecule has 1 aliphatic heterocycles. The zero-order valence-corrected chi connectivity index (χ0v) is 39.9. The summed E-state index contributed by atoms with van der Waals surface area (Å²) in [6, 6.07) is 37.7. The minimum Gasteiger partial charge on any atom is -0.390 e. The van der Waals surface area contributed by atoms with E-state index in [1.54, 1.807) is 6.92 Å². The maximum Gasteiger partial charge on any atom is 0.297 e. The molecule has 1 heterocycles. The maximum atomic E-state index is 13.2. The highest BCUT2D eigenvalue weighted by molar-refractivity contribution is 5.94. The van der Waals surface area contributed by atoms with E-state index in [0.717, 1.165) is 22.3 Å². The number of terminal acetylenes is 1. The predicted molar refractivity (Wildman–Crippen MR) is 277 cm³/mol. The minimum absolute atomic E-state index is 0.0799. The van der Waals surface area contributed by atoms with E-state index in [4.69, 9.17) is 34.8 Å². The average molecular weight is 964 g/mol. The van der Waals surface area contributed by atoms with Gasteiger partial charge in [0.15, 0.2) is 6.29 Å². The van der Waals surface area contributed by atoms with Crippen molar-refractivity contribution in [2.45, 2.75) is 88.7 Å². The molecule has 0 spiro atoms. The Morgan fingerprint density at radius 2 is 0.918 bits per heavy atom. The van der Waals surface area contributed by atoms with Gasteiger partial charge < -0.3 is 44.0 Å². The van der Waals surface area contributed by atoms with Crippen molar-refractivity contribution in [2.24, 2.45) is 0 Å². The smallest absolute Gasteiger partial charge is 0.297 e. The second-order valence-corrected chi connectivity index (χ2v) is 15.4. The summed E-state index contributed by atoms with van der Waals surface area (Å²) in [5.41, 5.74) is 3.72. The lowest BCUT2D eigenvalue weighted by molar-refractivity contribution is -0.329. The van der Waals surface area contributed by atoms with E-state index < -0.39 is 54.9 Å². The van der Waals surface area contributed by atoms with Crippen LogP contribution in [0.5, 0.6) is 0 Å². The van der Waals surface area contributed by atoms with E-state index in [2.05, 4.69) is 130 Å². The summed E-state index contributed by atoms with van der Waals surface area (Å²) in [4.78, 5) is 13.2. The fourth-order valence-corrected chi connectivity index (χ4v) is 6.67. The number of carbonyl (C=O) groups is 1. The van der Waals surface area contributed by atoms with Gasteiger partial charge in [0, 0.05) is 29.6 Å². The third-order valence-corrected chi connectivity index (χ3v) is 10.2. The van der Waals surface area contributed by atoms with Crippen molar-refractivity contribution in [1.29, 1.82) is 0 Å². The first-order valence-corrected chi connectivity index (χ1v) is 22.9. The molecule has 1 aliphatic rings. The van der Waals surface area contributed by atoms with Crippen LogP contribution in [0.4, 0.5) is 0 Å². The Morgan fingerprint density at radius 1 is 0.534 bits per heavy atom. The van der Waals surface area contributed by atoms with Gasteiger partial charge >= 0.3 is 0 Å². The van der Waals surface area contributed by atoms with Crippen molar-refractivity contribution >= 4 is 5.91 Å². The van der Waals surface area contributed by atoms with Crippen molar-refractivity contribution in [3.05, 3.63) is 144 Å². The number of rotatable bonds is 20. The molecule has 8 atom stereocenters. The van der Waals surface area contributed by atoms with Gasteiger partial charge in [-0.1, -0.05) is 128 Å². The molecule has 0 saturated carbocycles. The molecule has 73 heavy (non-hydrogen) atoms. The number of aliphatic hydroxyl groups is 2. The molecule has 5 rings (SSSR count). The monoisotopic (exact) mass is 963 g/mol. The Bertz CT molecular complexity index is 3110. The number of nitrogens with one attached hydrogen (secondary N) is 1. The number of benzene rings is 4. The predicted octanol–water partition coefficient (Wildman–Crippen LogP) is 4.98. The molecule has 1 fully saturated rings. The second-order valence-electron chi connectivity index (χ2n) is 15.4. The quantitative estimate of drug-likeness (QED) is 0.105. The number of hydrogen-bond acceptors (Lipinski definition) is 9. The van der Waals surface area contributed by atoms with E-state index >= 15 is 0 Å². The average Bonchev–Trinajstić information content (AvgIpc) is 3.43. The Labute approximate surface area is 429 Å². The van der Waals surface area contributed by atoms with Gasteiger partial charge in [0.1, 0.15) is 30.5 Å². The molecule has 0 aromatic heterocycles. The molecular formula is C63H49NO9. The molecule has 10 nitrogen and oxygen atoms in total. The summed E-state index contributed by atoms with van der Waals surface area (Å²) >= 11 is 0. The summed E-state index contributed by atoms with van der Waals surface area (Å²) in [5.74, 6) is 50.8. The van der Waals surface area contributed by atoms with E-state index in [1.807, 2.05) is 121 Å². The van der Waals surface area contributed by atoms with Crippen LogP contribution in [0.2, 0.25) is 0 Å². The van der Waals surface area contributed by atoms with Crippen LogP contribution in [0.3, 0.4) is 0 Å². The molecule has 3 N–H and O–H groups in total. The molecule has 0 aliphatic carbocycles. The molecule has 0 bridgehead atoms. The summed E-state index contributed by atoms with van der Waals surface area (Å²) in [7, 11) is 0. The van der Waals surface area contributed by atoms with Crippen LogP contribution in [0.25, 0.3) is 0 Å². The van der Waals surface area contributed by atoms with Crippen LogP contribution in [-0.4, -0.2) is 78.3 Å². The van der Waals surface area contributed by atoms with Gasteiger partial charge in [-0.25, -0.2) is 0 Å². The van der Waals surface area contributed by atoms with Crippen molar-refractivity contribution in [3.8, 4) is 131 Å². The highest BCUT2D eigenvalue weighted by Gasteiger charge is 2.49. The summed E-state index contributed by atoms with van der Waals surface area (Å²) in [6.45, 7) is 2.34. The summed E-state index contributed by atoms with van der Waals surface area (Å²) in [6.07, 6.45) is -1.91. The Balaban J connectivity index is 1.34. The van der Waals surface area contributed by atoms with Gasteiger partial charge in [0.2, 0.25) is 0 Å². The largest absolute Gasteiger partial charge is 0.390 e. The van der Waals surface area contributed by atoms with E-state index in [9.17, 15) is 15.0 Å². The fraction of sp³-hybridized carbons (Fsp3) is 0.254. The van der Waals surface area contributed by atoms with Gasteiger partial charge in [0.05, 0.1) is 51.8 Å². The molecule has 4 aromatic rings. The topological polar surface area (TPSA) is 125 Å². The third kappa shape index (κ3) is 21.4. The first-order valence-electron chi connectivity index (χ1n) is 22.9. The molecule has 10 heteroatoms. The maximum absolute atomic E-state index is 13.2. The van der Waals surface area contributed by atoms with Crippen LogP contribution in [0.15, 0.2) is 121 Å². The fourth-order valence-electron chi connectivity index (χ4n) is 6.67. The summed E-state index contributed by atoms with van der Waals surface area (Å²) < 4.78 is 39.8. The number of ether oxygens (including phenoxy) is 6. The van der Waals surface area contributed by atoms with Crippen LogP contribution in [0.1, 0.15) is 35.6 Å². The van der Waals surface area contributed by atoms with Crippen molar-refractivity contribution < 1.29 is 43.4 Å². The second kappa shape index (κ2) is 33.7. The SMILES string of the molecule is C#CC#CC#CC#CC#CC#CC#CC#CC#CC#CC#CC(=O)N[C@@H](COC1OC(COCc2ccccc2)C(OCc2ccccc2)C(OCc2ccccc2)C1OCc1ccccc1)[C@H](O)[C@H](O)CC. The molecule has 1 amide bonds. The highest BCUT2D eigenvalue weighted by atomic mass is 16.7. The van der Waals surface area contributed by atoms with E-state index in [0.29, 0.717) is 6.61 Å². The standard InChI is InChI=1S/C63H49NO9/c1-3-5-6-7-8-9-10-11-12-13-14-15-16-17-18-19-20-21-22-35-44-58(66)64-55(59(67)56(65)4-2)49-72-63-62(71-48-54-42-33-26-34-43-54)61(70-47-53-40-31-25-32-41-53)60(69-46-52-38-29-24-30-39-52)57(73-63)50-68-45-51-36-27-23-28-37-51/h1,23-34,36-43,55-57,59-63,65,67H,4,45-50H2,2H3,(H,64,66)/t55-,56+,57?,59-,60?,61?,62?,63?/m0/s1. The normalized spacial score (nSPS) is 16.8. The first-order chi connectivity index (χ1) is 35.9. The minimum atomic E-state index is -1.47. The Hall–Kier alpha value is -8.81. The number of amides is 1. The van der Waals surface area contributed by atoms with Crippen LogP contribution >= 0.6 is 0 Å². The van der Waals surface area contributed by atoms with Gasteiger partial charge in [-0.3, -0.25) is 4.79 Å². The van der Waals surface area contributed by atoms with Crippen molar-refractivity contribution in [3.63, 3.8) is 0 Å². The number of carbonyl (C=O) groups excluding carboxylic acids is 1. The van der Waals surface area contributed by atoms with E-state index in [1.165, 1.54) is 0 Å². The van der Waals surface area contributed by atoms with Gasteiger partial charge in [0.25, 0.3) is 5.91 Å². The van der Waals surface area contributed by atoms with Gasteiger partial charge in [-0.15, -0.1) is 6.42 Å². The summed E-state index contributed by atoms with van der Waals surface area (Å²) in [5, 5.41) is 24.8. The van der Waals surface area contributed by atoms with Crippen LogP contribution in [0, 0.1) is 131 Å². The Morgan fingerprint density at radius 3 is 1.34 bits per heavy atom. The molecule has 5 unspecified atom stereocenters. The van der Waals surface area contributed by atoms with Crippen molar-refractivity contribution in [1.82, 2.24) is 5.32 Å².